The van der Waals surface area contributed by atoms with Gasteiger partial charge in [0.25, 0.3) is 0 Å². The third kappa shape index (κ3) is 7.82. The number of anilines is 6. The van der Waals surface area contributed by atoms with Crippen molar-refractivity contribution in [2.75, 3.05) is 9.80 Å². The van der Waals surface area contributed by atoms with E-state index in [-0.39, 0.29) is 21.7 Å². The third-order valence-electron chi connectivity index (χ3n) is 18.0. The summed E-state index contributed by atoms with van der Waals surface area (Å²) in [5.41, 5.74) is 21.9. The van der Waals surface area contributed by atoms with Gasteiger partial charge in [0, 0.05) is 44.7 Å². The lowest BCUT2D eigenvalue weighted by Crippen LogP contribution is -2.21. The second-order valence-electron chi connectivity index (χ2n) is 25.8. The summed E-state index contributed by atoms with van der Waals surface area (Å²) in [7, 11) is 0. The molecule has 0 saturated heterocycles. The van der Waals surface area contributed by atoms with Crippen LogP contribution in [0.25, 0.3) is 76.5 Å². The Balaban J connectivity index is 1.08. The van der Waals surface area contributed by atoms with Crippen molar-refractivity contribution in [1.82, 2.24) is 0 Å². The molecule has 0 fully saturated rings. The summed E-state index contributed by atoms with van der Waals surface area (Å²) in [5, 5.41) is 9.78. The van der Waals surface area contributed by atoms with E-state index >= 15 is 0 Å². The quantitative estimate of drug-likeness (QED) is 0.157. The molecule has 0 bridgehead atoms. The molecular formula is C78H68N2. The van der Waals surface area contributed by atoms with Crippen molar-refractivity contribution in [3.63, 3.8) is 0 Å². The van der Waals surface area contributed by atoms with Gasteiger partial charge in [0.2, 0.25) is 0 Å². The summed E-state index contributed by atoms with van der Waals surface area (Å²) in [6, 6.07) is 87.5. The molecule has 2 nitrogen and oxygen atoms in total. The maximum Gasteiger partial charge on any atom is 0.0543 e. The van der Waals surface area contributed by atoms with E-state index in [2.05, 4.69) is 310 Å². The fourth-order valence-electron chi connectivity index (χ4n) is 13.7. The van der Waals surface area contributed by atoms with Gasteiger partial charge in [0.15, 0.2) is 0 Å². The van der Waals surface area contributed by atoms with E-state index in [0.29, 0.717) is 0 Å². The van der Waals surface area contributed by atoms with Crippen LogP contribution in [0.2, 0.25) is 0 Å². The van der Waals surface area contributed by atoms with Crippen molar-refractivity contribution in [3.8, 4) is 33.4 Å². The average molecular weight is 1030 g/mol. The van der Waals surface area contributed by atoms with Crippen LogP contribution in [0.5, 0.6) is 0 Å². The van der Waals surface area contributed by atoms with E-state index in [1.165, 1.54) is 121 Å². The highest BCUT2D eigenvalue weighted by Crippen LogP contribution is 2.62. The van der Waals surface area contributed by atoms with E-state index in [1.54, 1.807) is 0 Å². The Morgan fingerprint density at radius 3 is 0.838 bits per heavy atom. The van der Waals surface area contributed by atoms with Crippen LogP contribution in [-0.2, 0) is 21.7 Å². The number of nitrogens with zero attached hydrogens (tertiary/aromatic N) is 2. The Bertz CT molecular complexity index is 4070. The normalized spacial score (nSPS) is 14.1. The van der Waals surface area contributed by atoms with Gasteiger partial charge >= 0.3 is 0 Å². The second kappa shape index (κ2) is 17.9. The molecule has 0 spiro atoms. The van der Waals surface area contributed by atoms with Crippen molar-refractivity contribution < 1.29 is 0 Å². The van der Waals surface area contributed by atoms with Crippen molar-refractivity contribution in [1.29, 1.82) is 0 Å². The highest BCUT2D eigenvalue weighted by Gasteiger charge is 2.45. The molecule has 12 aromatic rings. The van der Waals surface area contributed by atoms with Gasteiger partial charge in [-0.15, -0.1) is 0 Å². The summed E-state index contributed by atoms with van der Waals surface area (Å²) in [4.78, 5) is 5.08. The molecule has 0 aliphatic heterocycles. The first-order valence-electron chi connectivity index (χ1n) is 28.7. The first-order chi connectivity index (χ1) is 38.4. The van der Waals surface area contributed by atoms with Crippen molar-refractivity contribution in [3.05, 3.63) is 264 Å². The van der Waals surface area contributed by atoms with Gasteiger partial charge in [0.05, 0.1) is 11.4 Å². The summed E-state index contributed by atoms with van der Waals surface area (Å²) in [5.74, 6) is 0. The van der Waals surface area contributed by atoms with E-state index in [9.17, 15) is 0 Å². The van der Waals surface area contributed by atoms with Gasteiger partial charge < -0.3 is 9.80 Å². The van der Waals surface area contributed by atoms with Crippen LogP contribution in [0.1, 0.15) is 103 Å². The van der Waals surface area contributed by atoms with Crippen LogP contribution in [0, 0.1) is 0 Å². The minimum atomic E-state index is -0.376. The molecule has 2 aliphatic rings. The minimum Gasteiger partial charge on any atom is -0.310 e. The van der Waals surface area contributed by atoms with Crippen molar-refractivity contribution in [2.24, 2.45) is 0 Å². The molecule has 0 saturated carbocycles. The molecule has 2 aliphatic carbocycles. The lowest BCUT2D eigenvalue weighted by molar-refractivity contribution is 0.584. The number of fused-ring (bicyclic) bond motifs is 10. The third-order valence-corrected chi connectivity index (χ3v) is 18.0. The van der Waals surface area contributed by atoms with Gasteiger partial charge in [0.1, 0.15) is 0 Å². The monoisotopic (exact) mass is 1030 g/mol. The Morgan fingerprint density at radius 2 is 0.550 bits per heavy atom. The van der Waals surface area contributed by atoms with E-state index < -0.39 is 0 Å². The molecule has 390 valence electrons. The Kier molecular flexibility index (Phi) is 11.1. The second-order valence-corrected chi connectivity index (χ2v) is 25.8. The van der Waals surface area contributed by atoms with Crippen LogP contribution < -0.4 is 9.80 Å². The first kappa shape index (κ1) is 49.6. The molecule has 0 atom stereocenters. The standard InChI is InChI=1S/C78H68N2/c1-75(2,3)57-31-37-65-67(47-57)77(7,8)73-63(39-41-69(71(65)73)79(59-33-27-49-19-11-15-23-53(49)43-59)60-34-28-50-20-12-16-24-54(50)44-60)64-40-42-70(72-66-38-32-58(76(4,5)6)48-68(66)78(9,10)74(64)72)80(61-35-29-51-21-13-17-25-55(51)45-61)62-36-30-52-22-14-18-26-56(52)46-62/h11-48H,1-10H3. The summed E-state index contributed by atoms with van der Waals surface area (Å²) in [6.07, 6.45) is 0. The summed E-state index contributed by atoms with van der Waals surface area (Å²) in [6.45, 7) is 24.0. The molecule has 0 unspecified atom stereocenters. The zero-order chi connectivity index (χ0) is 55.0. The highest BCUT2D eigenvalue weighted by atomic mass is 15.2. The first-order valence-corrected chi connectivity index (χ1v) is 28.7. The van der Waals surface area contributed by atoms with E-state index in [4.69, 9.17) is 0 Å². The maximum atomic E-state index is 2.54. The molecule has 0 N–H and O–H groups in total. The Labute approximate surface area is 472 Å². The molecule has 14 rings (SSSR count). The maximum absolute atomic E-state index is 2.54. The fourth-order valence-corrected chi connectivity index (χ4v) is 13.7. The molecule has 0 heterocycles. The van der Waals surface area contributed by atoms with Crippen LogP contribution >= 0.6 is 0 Å². The van der Waals surface area contributed by atoms with Gasteiger partial charge in [-0.05, 0) is 170 Å². The smallest absolute Gasteiger partial charge is 0.0543 e. The zero-order valence-corrected chi connectivity index (χ0v) is 47.8. The predicted octanol–water partition coefficient (Wildman–Crippen LogP) is 22.1. The topological polar surface area (TPSA) is 6.48 Å². The number of hydrogen-bond donors (Lipinski definition) is 0. The summed E-state index contributed by atoms with van der Waals surface area (Å²) < 4.78 is 0. The number of hydrogen-bond acceptors (Lipinski definition) is 2. The minimum absolute atomic E-state index is 0.0336. The number of benzene rings is 12. The largest absolute Gasteiger partial charge is 0.310 e. The lowest BCUT2D eigenvalue weighted by Gasteiger charge is -2.33. The fraction of sp³-hybridized carbons (Fsp3) is 0.179. The SMILES string of the molecule is CC(C)(C)c1ccc2c(c1)C(C)(C)c1c(-c3ccc(N(c4ccc5ccccc5c4)c4ccc5ccccc5c4)c4c3C(C)(C)c3cc(C(C)(C)C)ccc3-4)ccc(N(c3ccc4ccccc4c3)c3ccc4ccccc4c3)c1-2. The Hall–Kier alpha value is -8.72. The zero-order valence-electron chi connectivity index (χ0n) is 47.8. The van der Waals surface area contributed by atoms with Crippen LogP contribution in [0.4, 0.5) is 34.1 Å². The van der Waals surface area contributed by atoms with Crippen molar-refractivity contribution in [2.45, 2.75) is 90.9 Å². The molecule has 0 amide bonds. The van der Waals surface area contributed by atoms with Gasteiger partial charge in [-0.3, -0.25) is 0 Å². The van der Waals surface area contributed by atoms with Crippen LogP contribution in [0.3, 0.4) is 0 Å². The highest BCUT2D eigenvalue weighted by molar-refractivity contribution is 6.06. The Morgan fingerprint density at radius 1 is 0.275 bits per heavy atom. The lowest BCUT2D eigenvalue weighted by atomic mass is 9.73. The van der Waals surface area contributed by atoms with Crippen molar-refractivity contribution >= 4 is 77.2 Å². The predicted molar refractivity (Wildman–Crippen MR) is 344 cm³/mol. The summed E-state index contributed by atoms with van der Waals surface area (Å²) >= 11 is 0. The molecule has 2 heteroatoms. The molecular weight excluding hydrogens is 965 g/mol. The van der Waals surface area contributed by atoms with Gasteiger partial charge in [-0.2, -0.15) is 0 Å². The molecule has 12 aromatic carbocycles. The number of rotatable bonds is 7. The van der Waals surface area contributed by atoms with E-state index in [0.717, 1.165) is 22.7 Å². The van der Waals surface area contributed by atoms with Gasteiger partial charge in [-0.25, -0.2) is 0 Å². The van der Waals surface area contributed by atoms with Crippen LogP contribution in [-0.4, -0.2) is 0 Å². The van der Waals surface area contributed by atoms with Crippen LogP contribution in [0.15, 0.2) is 231 Å². The van der Waals surface area contributed by atoms with Gasteiger partial charge in [-0.1, -0.05) is 239 Å². The molecule has 0 aromatic heterocycles. The average Bonchev–Trinajstić information content (AvgIpc) is 4.07. The molecule has 0 radical (unpaired) electrons. The van der Waals surface area contributed by atoms with E-state index in [1.807, 2.05) is 0 Å². The molecule has 80 heavy (non-hydrogen) atoms.